The van der Waals surface area contributed by atoms with Gasteiger partial charge in [0.25, 0.3) is 5.22 Å². The van der Waals surface area contributed by atoms with Gasteiger partial charge in [0.2, 0.25) is 0 Å². The molecule has 1 N–H and O–H groups in total. The minimum Gasteiger partial charge on any atom is -0.490 e. The van der Waals surface area contributed by atoms with Gasteiger partial charge in [-0.2, -0.15) is 0 Å². The Morgan fingerprint density at radius 2 is 2.11 bits per heavy atom. The molecule has 142 valence electrons. The van der Waals surface area contributed by atoms with Gasteiger partial charge in [-0.3, -0.25) is 0 Å². The highest BCUT2D eigenvalue weighted by Crippen LogP contribution is 2.33. The highest BCUT2D eigenvalue weighted by atomic mass is 32.2. The van der Waals surface area contributed by atoms with Crippen LogP contribution < -0.4 is 9.47 Å². The first-order chi connectivity index (χ1) is 13.6. The molecule has 3 aromatic rings. The largest absolute Gasteiger partial charge is 0.490 e. The molecule has 1 aromatic heterocycles. The van der Waals surface area contributed by atoms with Crippen LogP contribution in [0.2, 0.25) is 0 Å². The van der Waals surface area contributed by atoms with Crippen LogP contribution in [-0.4, -0.2) is 29.3 Å². The normalized spacial score (nSPS) is 11.2. The second kappa shape index (κ2) is 9.02. The summed E-state index contributed by atoms with van der Waals surface area (Å²) >= 11 is 0.940. The number of aliphatic carboxylic acids is 1. The SMILES string of the molecule is C#CCOc1ccc(/C=C(\Sc2nc3ccccc3o2)C(=O)O)cc1OCC. The number of oxazole rings is 1. The lowest BCUT2D eigenvalue weighted by Gasteiger charge is -2.11. The second-order valence-corrected chi connectivity index (χ2v) is 6.49. The van der Waals surface area contributed by atoms with Gasteiger partial charge in [0, 0.05) is 0 Å². The lowest BCUT2D eigenvalue weighted by molar-refractivity contribution is -0.131. The molecule has 2 aromatic carbocycles. The van der Waals surface area contributed by atoms with Gasteiger partial charge in [-0.25, -0.2) is 9.78 Å². The fourth-order valence-corrected chi connectivity index (χ4v) is 3.14. The van der Waals surface area contributed by atoms with Crippen LogP contribution >= 0.6 is 11.8 Å². The minimum absolute atomic E-state index is 0.0614. The number of carbonyl (C=O) groups is 1. The summed E-state index contributed by atoms with van der Waals surface area (Å²) in [5, 5.41) is 9.84. The number of para-hydroxylation sites is 2. The summed E-state index contributed by atoms with van der Waals surface area (Å²) in [6.07, 6.45) is 6.75. The number of hydrogen-bond acceptors (Lipinski definition) is 6. The molecule has 3 rings (SSSR count). The third-order valence-electron chi connectivity index (χ3n) is 3.56. The molecule has 0 saturated heterocycles. The molecule has 0 saturated carbocycles. The summed E-state index contributed by atoms with van der Waals surface area (Å²) in [6.45, 7) is 2.39. The summed E-state index contributed by atoms with van der Waals surface area (Å²) < 4.78 is 16.6. The number of nitrogens with zero attached hydrogens (tertiary/aromatic N) is 1. The Morgan fingerprint density at radius 3 is 2.82 bits per heavy atom. The van der Waals surface area contributed by atoms with Crippen molar-refractivity contribution in [3.05, 3.63) is 52.9 Å². The maximum absolute atomic E-state index is 11.7. The maximum atomic E-state index is 11.7. The number of rotatable bonds is 8. The van der Waals surface area contributed by atoms with E-state index in [9.17, 15) is 9.90 Å². The van der Waals surface area contributed by atoms with E-state index in [4.69, 9.17) is 20.3 Å². The smallest absolute Gasteiger partial charge is 0.342 e. The number of terminal acetylenes is 1. The topological polar surface area (TPSA) is 81.8 Å². The van der Waals surface area contributed by atoms with Crippen LogP contribution in [0.25, 0.3) is 17.2 Å². The molecule has 0 unspecified atom stereocenters. The van der Waals surface area contributed by atoms with Crippen LogP contribution in [0.1, 0.15) is 12.5 Å². The van der Waals surface area contributed by atoms with E-state index < -0.39 is 5.97 Å². The predicted octanol–water partition coefficient (Wildman–Crippen LogP) is 4.46. The Labute approximate surface area is 166 Å². The Kier molecular flexibility index (Phi) is 6.25. The van der Waals surface area contributed by atoms with Crippen molar-refractivity contribution in [1.29, 1.82) is 0 Å². The number of benzene rings is 2. The van der Waals surface area contributed by atoms with Crippen molar-refractivity contribution >= 4 is 34.9 Å². The number of fused-ring (bicyclic) bond motifs is 1. The molecule has 0 fully saturated rings. The van der Waals surface area contributed by atoms with Gasteiger partial charge in [-0.1, -0.05) is 24.1 Å². The van der Waals surface area contributed by atoms with Crippen LogP contribution in [0, 0.1) is 12.3 Å². The molecule has 0 atom stereocenters. The fraction of sp³-hybridized carbons (Fsp3) is 0.143. The third kappa shape index (κ3) is 4.67. The molecule has 0 radical (unpaired) electrons. The molecule has 6 nitrogen and oxygen atoms in total. The first kappa shape index (κ1) is 19.4. The van der Waals surface area contributed by atoms with E-state index in [1.165, 1.54) is 6.08 Å². The summed E-state index contributed by atoms with van der Waals surface area (Å²) in [4.78, 5) is 16.1. The minimum atomic E-state index is -1.09. The molecular formula is C21H17NO5S. The lowest BCUT2D eigenvalue weighted by atomic mass is 10.2. The highest BCUT2D eigenvalue weighted by Gasteiger charge is 2.15. The molecule has 0 spiro atoms. The van der Waals surface area contributed by atoms with E-state index in [1.807, 2.05) is 19.1 Å². The fourth-order valence-electron chi connectivity index (χ4n) is 2.40. The zero-order valence-corrected chi connectivity index (χ0v) is 15.9. The Balaban J connectivity index is 1.89. The molecule has 0 aliphatic heterocycles. The van der Waals surface area contributed by atoms with Crippen molar-refractivity contribution in [2.24, 2.45) is 0 Å². The molecular weight excluding hydrogens is 378 g/mol. The van der Waals surface area contributed by atoms with Crippen molar-refractivity contribution in [1.82, 2.24) is 4.98 Å². The molecule has 0 aliphatic rings. The number of carboxylic acids is 1. The van der Waals surface area contributed by atoms with Gasteiger partial charge in [-0.05, 0) is 54.6 Å². The van der Waals surface area contributed by atoms with Crippen LogP contribution in [0.4, 0.5) is 0 Å². The standard InChI is InChI=1S/C21H17NO5S/c1-3-11-26-17-10-9-14(12-18(17)25-4-2)13-19(20(23)24)28-21-22-15-7-5-6-8-16(15)27-21/h1,5-10,12-13H,4,11H2,2H3,(H,23,24)/b19-13-. The van der Waals surface area contributed by atoms with Gasteiger partial charge < -0.3 is 19.0 Å². The van der Waals surface area contributed by atoms with Gasteiger partial charge >= 0.3 is 5.97 Å². The Morgan fingerprint density at radius 1 is 1.29 bits per heavy atom. The van der Waals surface area contributed by atoms with Crippen molar-refractivity contribution in [3.63, 3.8) is 0 Å². The average molecular weight is 395 g/mol. The van der Waals surface area contributed by atoms with Crippen molar-refractivity contribution in [2.75, 3.05) is 13.2 Å². The van der Waals surface area contributed by atoms with Gasteiger partial charge in [0.1, 0.15) is 17.0 Å². The monoisotopic (exact) mass is 395 g/mol. The number of aromatic nitrogens is 1. The van der Waals surface area contributed by atoms with Crippen molar-refractivity contribution in [2.45, 2.75) is 12.1 Å². The first-order valence-electron chi connectivity index (χ1n) is 8.42. The maximum Gasteiger partial charge on any atom is 0.342 e. The van der Waals surface area contributed by atoms with E-state index in [0.717, 1.165) is 11.8 Å². The summed E-state index contributed by atoms with van der Waals surface area (Å²) in [5.41, 5.74) is 1.91. The van der Waals surface area contributed by atoms with Gasteiger partial charge in [-0.15, -0.1) is 6.42 Å². The highest BCUT2D eigenvalue weighted by molar-refractivity contribution is 8.03. The van der Waals surface area contributed by atoms with Crippen LogP contribution in [0.3, 0.4) is 0 Å². The van der Waals surface area contributed by atoms with E-state index >= 15 is 0 Å². The zero-order valence-electron chi connectivity index (χ0n) is 15.0. The molecule has 28 heavy (non-hydrogen) atoms. The number of ether oxygens (including phenoxy) is 2. The number of thioether (sulfide) groups is 1. The van der Waals surface area contributed by atoms with E-state index in [2.05, 4.69) is 10.9 Å². The van der Waals surface area contributed by atoms with E-state index in [-0.39, 0.29) is 16.7 Å². The Hall–Kier alpha value is -3.37. The van der Waals surface area contributed by atoms with Crippen LogP contribution in [0.5, 0.6) is 11.5 Å². The molecule has 1 heterocycles. The summed E-state index contributed by atoms with van der Waals surface area (Å²) in [5.74, 6) is 2.30. The first-order valence-corrected chi connectivity index (χ1v) is 9.24. The van der Waals surface area contributed by atoms with Gasteiger partial charge in [0.05, 0.1) is 6.61 Å². The second-order valence-electron chi connectivity index (χ2n) is 5.50. The summed E-state index contributed by atoms with van der Waals surface area (Å²) in [7, 11) is 0. The van der Waals surface area contributed by atoms with Gasteiger partial charge in [0.15, 0.2) is 17.1 Å². The number of hydrogen-bond donors (Lipinski definition) is 1. The molecule has 0 amide bonds. The molecule has 0 aliphatic carbocycles. The third-order valence-corrected chi connectivity index (χ3v) is 4.42. The van der Waals surface area contributed by atoms with Crippen molar-refractivity contribution in [3.8, 4) is 23.8 Å². The van der Waals surface area contributed by atoms with Crippen LogP contribution in [-0.2, 0) is 4.79 Å². The van der Waals surface area contributed by atoms with Crippen LogP contribution in [0.15, 0.2) is 57.0 Å². The van der Waals surface area contributed by atoms with E-state index in [0.29, 0.717) is 34.8 Å². The Bertz CT molecular complexity index is 1030. The predicted molar refractivity (Wildman–Crippen MR) is 107 cm³/mol. The van der Waals surface area contributed by atoms with E-state index in [1.54, 1.807) is 30.3 Å². The quantitative estimate of drug-likeness (QED) is 0.343. The average Bonchev–Trinajstić information content (AvgIpc) is 3.09. The summed E-state index contributed by atoms with van der Waals surface area (Å²) in [6, 6.07) is 12.4. The zero-order chi connectivity index (χ0) is 19.9. The molecule has 7 heteroatoms. The van der Waals surface area contributed by atoms with Crippen molar-refractivity contribution < 1.29 is 23.8 Å². The number of carboxylic acid groups (broad SMARTS) is 1. The molecule has 0 bridgehead atoms. The lowest BCUT2D eigenvalue weighted by Crippen LogP contribution is -2.00.